The van der Waals surface area contributed by atoms with E-state index in [1.54, 1.807) is 17.8 Å². The second kappa shape index (κ2) is 7.22. The van der Waals surface area contributed by atoms with Crippen LogP contribution >= 0.6 is 30.5 Å². The van der Waals surface area contributed by atoms with E-state index in [4.69, 9.17) is 23.2 Å². The Morgan fingerprint density at radius 1 is 1.20 bits per heavy atom. The zero-order chi connectivity index (χ0) is 19.0. The summed E-state index contributed by atoms with van der Waals surface area (Å²) in [4.78, 5) is 0. The van der Waals surface area contributed by atoms with Gasteiger partial charge in [-0.05, 0) is 12.1 Å². The minimum Gasteiger partial charge on any atom is -0.310 e. The molecule has 10 heteroatoms. The predicted octanol–water partition coefficient (Wildman–Crippen LogP) is 5.95. The summed E-state index contributed by atoms with van der Waals surface area (Å²) >= 11 is 12.1. The molecule has 0 N–H and O–H groups in total. The first-order valence-electron chi connectivity index (χ1n) is 7.48. The van der Waals surface area contributed by atoms with Crippen molar-refractivity contribution in [3.8, 4) is 5.69 Å². The van der Waals surface area contributed by atoms with Gasteiger partial charge in [0.25, 0.3) is 0 Å². The van der Waals surface area contributed by atoms with Gasteiger partial charge >= 0.3 is 6.18 Å². The molecule has 0 bridgehead atoms. The molecule has 0 aliphatic carbocycles. The first-order chi connectivity index (χ1) is 11.5. The normalized spacial score (nSPS) is 12.5. The van der Waals surface area contributed by atoms with Gasteiger partial charge in [0.2, 0.25) is 0 Å². The highest BCUT2D eigenvalue weighted by molar-refractivity contribution is 7.65. The summed E-state index contributed by atoms with van der Waals surface area (Å²) in [6, 6.07) is 3.21. The largest absolute Gasteiger partial charge is 0.416 e. The predicted molar refractivity (Wildman–Crippen MR) is 95.7 cm³/mol. The summed E-state index contributed by atoms with van der Waals surface area (Å²) in [6.45, 7) is 3.64. The lowest BCUT2D eigenvalue weighted by atomic mass is 10.2. The molecular formula is C15H17Cl2F3N3OP. The fourth-order valence-electron chi connectivity index (χ4n) is 2.48. The SMILES string of the molecule is CCP(=O)(CC)N(C)c1ccnn1-c1c(Cl)cc(C(F)(F)F)cc1Cl. The highest BCUT2D eigenvalue weighted by atomic mass is 35.5. The van der Waals surface area contributed by atoms with Gasteiger partial charge in [0.05, 0.1) is 21.8 Å². The third-order valence-corrected chi connectivity index (χ3v) is 7.90. The van der Waals surface area contributed by atoms with E-state index in [1.807, 2.05) is 13.8 Å². The van der Waals surface area contributed by atoms with Crippen molar-refractivity contribution in [2.45, 2.75) is 20.0 Å². The van der Waals surface area contributed by atoms with Gasteiger partial charge < -0.3 is 9.24 Å². The van der Waals surface area contributed by atoms with Crippen LogP contribution in [0.1, 0.15) is 19.4 Å². The second-order valence-corrected chi connectivity index (χ2v) is 9.76. The fraction of sp³-hybridized carbons (Fsp3) is 0.400. The Morgan fingerprint density at radius 2 is 1.72 bits per heavy atom. The number of hydrogen-bond donors (Lipinski definition) is 0. The van der Waals surface area contributed by atoms with E-state index < -0.39 is 19.0 Å². The Labute approximate surface area is 153 Å². The molecule has 0 unspecified atom stereocenters. The molecule has 0 saturated carbocycles. The molecule has 0 saturated heterocycles. The molecule has 0 amide bonds. The third-order valence-electron chi connectivity index (χ3n) is 4.05. The number of rotatable bonds is 5. The molecule has 4 nitrogen and oxygen atoms in total. The lowest BCUT2D eigenvalue weighted by Gasteiger charge is -2.29. The van der Waals surface area contributed by atoms with Gasteiger partial charge in [-0.15, -0.1) is 0 Å². The zero-order valence-electron chi connectivity index (χ0n) is 13.8. The van der Waals surface area contributed by atoms with Crippen molar-refractivity contribution in [2.24, 2.45) is 0 Å². The monoisotopic (exact) mass is 413 g/mol. The Kier molecular flexibility index (Phi) is 5.81. The number of nitrogens with zero attached hydrogens (tertiary/aromatic N) is 3. The molecule has 2 aromatic rings. The Balaban J connectivity index is 2.60. The van der Waals surface area contributed by atoms with Crippen molar-refractivity contribution in [3.05, 3.63) is 40.0 Å². The van der Waals surface area contributed by atoms with Crippen molar-refractivity contribution in [1.29, 1.82) is 0 Å². The van der Waals surface area contributed by atoms with E-state index >= 15 is 0 Å². The Morgan fingerprint density at radius 3 is 2.16 bits per heavy atom. The molecule has 1 aromatic heterocycles. The highest BCUT2D eigenvalue weighted by Gasteiger charge is 2.33. The van der Waals surface area contributed by atoms with Gasteiger partial charge in [-0.3, -0.25) is 0 Å². The molecule has 138 valence electrons. The molecular weight excluding hydrogens is 397 g/mol. The minimum atomic E-state index is -4.56. The van der Waals surface area contributed by atoms with Crippen LogP contribution in [-0.4, -0.2) is 29.2 Å². The second-order valence-electron chi connectivity index (χ2n) is 5.39. The van der Waals surface area contributed by atoms with Crippen LogP contribution in [-0.2, 0) is 10.7 Å². The minimum absolute atomic E-state index is 0.113. The van der Waals surface area contributed by atoms with Crippen LogP contribution in [0.25, 0.3) is 5.69 Å². The maximum absolute atomic E-state index is 13.0. The molecule has 2 rings (SSSR count). The van der Waals surface area contributed by atoms with Crippen LogP contribution in [0.2, 0.25) is 10.0 Å². The smallest absolute Gasteiger partial charge is 0.310 e. The standard InChI is InChI=1S/C15H17Cl2F3N3OP/c1-4-25(24,5-2)22(3)13-6-7-21-23(13)14-11(16)8-10(9-12(14)17)15(18,19)20/h6-9H,4-5H2,1-3H3. The van der Waals surface area contributed by atoms with Gasteiger partial charge in [0.15, 0.2) is 7.29 Å². The summed E-state index contributed by atoms with van der Waals surface area (Å²) in [5, 5.41) is 3.72. The molecule has 25 heavy (non-hydrogen) atoms. The summed E-state index contributed by atoms with van der Waals surface area (Å²) < 4.78 is 54.5. The molecule has 0 aliphatic heterocycles. The van der Waals surface area contributed by atoms with E-state index in [0.29, 0.717) is 18.1 Å². The van der Waals surface area contributed by atoms with Crippen LogP contribution in [0.3, 0.4) is 0 Å². The average Bonchev–Trinajstić information content (AvgIpc) is 3.00. The van der Waals surface area contributed by atoms with Gasteiger partial charge in [0, 0.05) is 25.4 Å². The number of anilines is 1. The van der Waals surface area contributed by atoms with Crippen molar-refractivity contribution < 1.29 is 17.7 Å². The summed E-state index contributed by atoms with van der Waals surface area (Å²) in [5.74, 6) is 0.440. The summed E-state index contributed by atoms with van der Waals surface area (Å²) in [5.41, 5.74) is -0.831. The fourth-order valence-corrected chi connectivity index (χ4v) is 4.95. The first-order valence-corrected chi connectivity index (χ1v) is 10.3. The quantitative estimate of drug-likeness (QED) is 0.568. The van der Waals surface area contributed by atoms with Gasteiger partial charge in [-0.25, -0.2) is 4.68 Å². The van der Waals surface area contributed by atoms with E-state index in [1.165, 1.54) is 10.9 Å². The van der Waals surface area contributed by atoms with Crippen molar-refractivity contribution in [3.63, 3.8) is 0 Å². The molecule has 0 radical (unpaired) electrons. The zero-order valence-corrected chi connectivity index (χ0v) is 16.2. The number of benzene rings is 1. The lowest BCUT2D eigenvalue weighted by Crippen LogP contribution is -2.20. The van der Waals surface area contributed by atoms with E-state index in [2.05, 4.69) is 5.10 Å². The van der Waals surface area contributed by atoms with Crippen LogP contribution in [0.4, 0.5) is 19.0 Å². The first kappa shape index (κ1) is 20.1. The third kappa shape index (κ3) is 3.83. The number of halogens is 5. The van der Waals surface area contributed by atoms with E-state index in [-0.39, 0.29) is 15.7 Å². The average molecular weight is 414 g/mol. The number of aromatic nitrogens is 2. The van der Waals surface area contributed by atoms with Crippen LogP contribution in [0, 0.1) is 0 Å². The maximum atomic E-state index is 13.0. The van der Waals surface area contributed by atoms with Gasteiger partial charge in [0.1, 0.15) is 11.5 Å². The van der Waals surface area contributed by atoms with E-state index in [9.17, 15) is 17.7 Å². The Hall–Kier alpha value is -1.17. The van der Waals surface area contributed by atoms with E-state index in [0.717, 1.165) is 12.1 Å². The number of hydrogen-bond acceptors (Lipinski definition) is 2. The van der Waals surface area contributed by atoms with Crippen LogP contribution in [0.15, 0.2) is 24.4 Å². The molecule has 0 spiro atoms. The highest BCUT2D eigenvalue weighted by Crippen LogP contribution is 2.50. The lowest BCUT2D eigenvalue weighted by molar-refractivity contribution is -0.137. The molecule has 0 atom stereocenters. The number of alkyl halides is 3. The van der Waals surface area contributed by atoms with Gasteiger partial charge in [-0.1, -0.05) is 37.0 Å². The summed E-state index contributed by atoms with van der Waals surface area (Å²) in [6.07, 6.45) is -2.22. The molecule has 1 aromatic carbocycles. The topological polar surface area (TPSA) is 38.1 Å². The van der Waals surface area contributed by atoms with Crippen molar-refractivity contribution >= 4 is 36.3 Å². The van der Waals surface area contributed by atoms with Crippen molar-refractivity contribution in [2.75, 3.05) is 24.0 Å². The molecule has 0 aliphatic rings. The van der Waals surface area contributed by atoms with Crippen molar-refractivity contribution in [1.82, 2.24) is 9.78 Å². The summed E-state index contributed by atoms with van der Waals surface area (Å²) in [7, 11) is -1.01. The molecule has 0 fully saturated rings. The molecule has 1 heterocycles. The van der Waals surface area contributed by atoms with Gasteiger partial charge in [-0.2, -0.15) is 18.3 Å². The van der Waals surface area contributed by atoms with Crippen LogP contribution in [0.5, 0.6) is 0 Å². The van der Waals surface area contributed by atoms with Crippen LogP contribution < -0.4 is 4.67 Å². The Bertz CT molecular complexity index is 792. The maximum Gasteiger partial charge on any atom is 0.416 e.